The highest BCUT2D eigenvalue weighted by Crippen LogP contribution is 2.42. The molecule has 192 valence electrons. The summed E-state index contributed by atoms with van der Waals surface area (Å²) >= 11 is 3.06. The third kappa shape index (κ3) is 4.63. The molecular weight excluding hydrogens is 494 g/mol. The Morgan fingerprint density at radius 2 is 1.92 bits per heavy atom. The Bertz CT molecular complexity index is 1390. The molecule has 2 aliphatic carbocycles. The summed E-state index contributed by atoms with van der Waals surface area (Å²) in [5.41, 5.74) is 2.64. The standard InChI is InChI=1S/C27H33N3O4S2/c1-5-34-26(33)22-16-8-6-7-9-18(16)35-24(22)29-20(31)13-30-14-28-23-21(25(30)32)17-11-10-15(27(2,3)4)12-19(17)36-23/h14-15H,5-13H2,1-4H3,(H,29,31). The van der Waals surface area contributed by atoms with E-state index in [4.69, 9.17) is 4.74 Å². The van der Waals surface area contributed by atoms with Crippen molar-refractivity contribution in [1.82, 2.24) is 9.55 Å². The van der Waals surface area contributed by atoms with Gasteiger partial charge in [-0.05, 0) is 74.3 Å². The topological polar surface area (TPSA) is 90.3 Å². The van der Waals surface area contributed by atoms with E-state index in [1.807, 2.05) is 0 Å². The second-order valence-electron chi connectivity index (χ2n) is 10.9. The van der Waals surface area contributed by atoms with E-state index in [9.17, 15) is 14.4 Å². The van der Waals surface area contributed by atoms with E-state index in [0.717, 1.165) is 65.8 Å². The highest BCUT2D eigenvalue weighted by molar-refractivity contribution is 7.18. The number of aryl methyl sites for hydroxylation is 2. The molecule has 1 N–H and O–H groups in total. The Balaban J connectivity index is 1.40. The van der Waals surface area contributed by atoms with E-state index >= 15 is 0 Å². The Morgan fingerprint density at radius 1 is 1.14 bits per heavy atom. The molecule has 3 heterocycles. The summed E-state index contributed by atoms with van der Waals surface area (Å²) in [6, 6.07) is 0. The van der Waals surface area contributed by atoms with Gasteiger partial charge in [0, 0.05) is 9.75 Å². The number of rotatable bonds is 5. The van der Waals surface area contributed by atoms with Crippen molar-refractivity contribution >= 4 is 49.8 Å². The van der Waals surface area contributed by atoms with Crippen molar-refractivity contribution in [3.8, 4) is 0 Å². The van der Waals surface area contributed by atoms with Crippen LogP contribution in [-0.2, 0) is 41.8 Å². The van der Waals surface area contributed by atoms with E-state index < -0.39 is 5.97 Å². The van der Waals surface area contributed by atoms with Gasteiger partial charge in [0.05, 0.1) is 23.9 Å². The van der Waals surface area contributed by atoms with Crippen LogP contribution >= 0.6 is 22.7 Å². The summed E-state index contributed by atoms with van der Waals surface area (Å²) in [5.74, 6) is -0.165. The second kappa shape index (κ2) is 9.74. The molecule has 0 fully saturated rings. The maximum atomic E-state index is 13.4. The van der Waals surface area contributed by atoms with Crippen LogP contribution in [0.15, 0.2) is 11.1 Å². The van der Waals surface area contributed by atoms with Crippen molar-refractivity contribution in [3.63, 3.8) is 0 Å². The van der Waals surface area contributed by atoms with Gasteiger partial charge in [-0.1, -0.05) is 20.8 Å². The van der Waals surface area contributed by atoms with E-state index in [2.05, 4.69) is 31.1 Å². The van der Waals surface area contributed by atoms with Gasteiger partial charge in [-0.25, -0.2) is 9.78 Å². The predicted molar refractivity (Wildman–Crippen MR) is 144 cm³/mol. The number of thiophene rings is 2. The minimum Gasteiger partial charge on any atom is -0.462 e. The number of fused-ring (bicyclic) bond motifs is 4. The Hall–Kier alpha value is -2.52. The molecule has 9 heteroatoms. The van der Waals surface area contributed by atoms with E-state index in [-0.39, 0.29) is 30.0 Å². The second-order valence-corrected chi connectivity index (χ2v) is 13.0. The first-order valence-corrected chi connectivity index (χ1v) is 14.4. The molecule has 0 aromatic carbocycles. The Labute approximate surface area is 218 Å². The van der Waals surface area contributed by atoms with Crippen LogP contribution in [0.1, 0.15) is 78.2 Å². The lowest BCUT2D eigenvalue weighted by Crippen LogP contribution is -2.29. The van der Waals surface area contributed by atoms with Gasteiger partial charge in [-0.3, -0.25) is 14.2 Å². The number of nitrogens with zero attached hydrogens (tertiary/aromatic N) is 2. The highest BCUT2D eigenvalue weighted by atomic mass is 32.1. The molecule has 0 radical (unpaired) electrons. The minimum atomic E-state index is -0.397. The van der Waals surface area contributed by atoms with Crippen LogP contribution in [0, 0.1) is 11.3 Å². The zero-order chi connectivity index (χ0) is 25.6. The van der Waals surface area contributed by atoms with Gasteiger partial charge in [0.2, 0.25) is 5.91 Å². The smallest absolute Gasteiger partial charge is 0.341 e. The molecule has 2 aliphatic rings. The normalized spacial score (nSPS) is 17.5. The van der Waals surface area contributed by atoms with Crippen LogP contribution in [0.5, 0.6) is 0 Å². The first-order chi connectivity index (χ1) is 17.2. The maximum Gasteiger partial charge on any atom is 0.341 e. The van der Waals surface area contributed by atoms with Gasteiger partial charge >= 0.3 is 5.97 Å². The maximum absolute atomic E-state index is 13.4. The number of anilines is 1. The molecule has 1 amide bonds. The third-order valence-electron chi connectivity index (χ3n) is 7.48. The van der Waals surface area contributed by atoms with Crippen LogP contribution in [0.2, 0.25) is 0 Å². The molecule has 5 rings (SSSR count). The lowest BCUT2D eigenvalue weighted by atomic mass is 9.72. The minimum absolute atomic E-state index is 0.151. The Morgan fingerprint density at radius 3 is 2.67 bits per heavy atom. The first kappa shape index (κ1) is 25.1. The van der Waals surface area contributed by atoms with Crippen molar-refractivity contribution in [1.29, 1.82) is 0 Å². The SMILES string of the molecule is CCOC(=O)c1c(NC(=O)Cn2cnc3sc4c(c3c2=O)CCC(C(C)(C)C)C4)sc2c1CCCC2. The molecule has 7 nitrogen and oxygen atoms in total. The van der Waals surface area contributed by atoms with Crippen LogP contribution in [0.4, 0.5) is 5.00 Å². The van der Waals surface area contributed by atoms with Crippen LogP contribution in [0.3, 0.4) is 0 Å². The third-order valence-corrected chi connectivity index (χ3v) is 9.85. The summed E-state index contributed by atoms with van der Waals surface area (Å²) in [6.07, 6.45) is 8.18. The molecule has 0 spiro atoms. The summed E-state index contributed by atoms with van der Waals surface area (Å²) < 4.78 is 6.67. The number of ether oxygens (including phenoxy) is 1. The molecule has 0 aliphatic heterocycles. The molecule has 3 aromatic heterocycles. The lowest BCUT2D eigenvalue weighted by molar-refractivity contribution is -0.116. The number of hydrogen-bond acceptors (Lipinski definition) is 7. The summed E-state index contributed by atoms with van der Waals surface area (Å²) in [5, 5.41) is 4.09. The fourth-order valence-corrected chi connectivity index (χ4v) is 8.00. The molecule has 36 heavy (non-hydrogen) atoms. The number of hydrogen-bond donors (Lipinski definition) is 1. The van der Waals surface area contributed by atoms with Gasteiger partial charge in [-0.15, -0.1) is 22.7 Å². The van der Waals surface area contributed by atoms with Crippen molar-refractivity contribution < 1.29 is 14.3 Å². The number of aromatic nitrogens is 2. The summed E-state index contributed by atoms with van der Waals surface area (Å²) in [4.78, 5) is 46.9. The van der Waals surface area contributed by atoms with E-state index in [1.165, 1.54) is 27.1 Å². The molecule has 0 saturated heterocycles. The number of carbonyl (C=O) groups is 2. The van der Waals surface area contributed by atoms with Crippen LogP contribution in [0.25, 0.3) is 10.2 Å². The zero-order valence-corrected chi connectivity index (χ0v) is 23.0. The van der Waals surface area contributed by atoms with Crippen molar-refractivity contribution in [2.45, 2.75) is 79.2 Å². The van der Waals surface area contributed by atoms with E-state index in [0.29, 0.717) is 21.9 Å². The molecule has 3 aromatic rings. The molecule has 1 unspecified atom stereocenters. The average molecular weight is 528 g/mol. The van der Waals surface area contributed by atoms with Crippen LogP contribution < -0.4 is 10.9 Å². The fourth-order valence-electron chi connectivity index (χ4n) is 5.45. The van der Waals surface area contributed by atoms with E-state index in [1.54, 1.807) is 18.3 Å². The van der Waals surface area contributed by atoms with Gasteiger partial charge < -0.3 is 10.1 Å². The zero-order valence-electron chi connectivity index (χ0n) is 21.4. The largest absolute Gasteiger partial charge is 0.462 e. The number of amides is 1. The lowest BCUT2D eigenvalue weighted by Gasteiger charge is -2.33. The van der Waals surface area contributed by atoms with Gasteiger partial charge in [0.25, 0.3) is 5.56 Å². The van der Waals surface area contributed by atoms with Crippen molar-refractivity contribution in [3.05, 3.63) is 43.1 Å². The summed E-state index contributed by atoms with van der Waals surface area (Å²) in [6.45, 7) is 8.73. The van der Waals surface area contributed by atoms with Crippen LogP contribution in [-0.4, -0.2) is 28.0 Å². The number of nitrogens with one attached hydrogen (secondary N) is 1. The number of esters is 1. The van der Waals surface area contributed by atoms with Gasteiger partial charge in [0.15, 0.2) is 0 Å². The monoisotopic (exact) mass is 527 g/mol. The molecule has 1 atom stereocenters. The van der Waals surface area contributed by atoms with Crippen molar-refractivity contribution in [2.75, 3.05) is 11.9 Å². The molecular formula is C27H33N3O4S2. The molecule has 0 bridgehead atoms. The average Bonchev–Trinajstić information content (AvgIpc) is 3.38. The first-order valence-electron chi connectivity index (χ1n) is 12.8. The summed E-state index contributed by atoms with van der Waals surface area (Å²) in [7, 11) is 0. The quantitative estimate of drug-likeness (QED) is 0.451. The number of carbonyl (C=O) groups excluding carboxylic acids is 2. The van der Waals surface area contributed by atoms with Crippen molar-refractivity contribution in [2.24, 2.45) is 11.3 Å². The predicted octanol–water partition coefficient (Wildman–Crippen LogP) is 5.36. The Kier molecular flexibility index (Phi) is 6.80. The van der Waals surface area contributed by atoms with Gasteiger partial charge in [0.1, 0.15) is 16.4 Å². The highest BCUT2D eigenvalue weighted by Gasteiger charge is 2.32. The fraction of sp³-hybridized carbons (Fsp3) is 0.556. The van der Waals surface area contributed by atoms with Gasteiger partial charge in [-0.2, -0.15) is 0 Å². The molecule has 0 saturated carbocycles.